The Kier molecular flexibility index (Phi) is 4.58. The second-order valence-electron chi connectivity index (χ2n) is 4.41. The highest BCUT2D eigenvalue weighted by Gasteiger charge is 2.17. The van der Waals surface area contributed by atoms with Gasteiger partial charge < -0.3 is 15.4 Å². The fourth-order valence-electron chi connectivity index (χ4n) is 1.89. The third-order valence-electron chi connectivity index (χ3n) is 2.89. The van der Waals surface area contributed by atoms with Crippen molar-refractivity contribution in [2.75, 3.05) is 25.0 Å². The number of nitrogens with one attached hydrogen (secondary N) is 2. The smallest absolute Gasteiger partial charge is 0.227 e. The lowest BCUT2D eigenvalue weighted by atomic mass is 10.1. The Morgan fingerprint density at radius 3 is 3.17 bits per heavy atom. The van der Waals surface area contributed by atoms with E-state index >= 15 is 0 Å². The van der Waals surface area contributed by atoms with Gasteiger partial charge in [-0.05, 0) is 24.6 Å². The Hall–Kier alpha value is -1.10. The normalized spacial score (nSPS) is 19.6. The highest BCUT2D eigenvalue weighted by molar-refractivity contribution is 6.31. The standard InChI is InChI=1S/C13H17ClN2O2/c1-9-2-3-10(14)6-12(9)16-13(17)7-11-8-15-4-5-18-11/h2-3,6,11,15H,4-5,7-8H2,1H3,(H,16,17). The number of carbonyl (C=O) groups excluding carboxylic acids is 1. The second kappa shape index (κ2) is 6.18. The van der Waals surface area contributed by atoms with E-state index in [1.54, 1.807) is 12.1 Å². The van der Waals surface area contributed by atoms with Crippen molar-refractivity contribution in [1.29, 1.82) is 0 Å². The summed E-state index contributed by atoms with van der Waals surface area (Å²) in [5.74, 6) is -0.0472. The Morgan fingerprint density at radius 1 is 1.61 bits per heavy atom. The molecule has 1 atom stereocenters. The minimum Gasteiger partial charge on any atom is -0.375 e. The number of aryl methyl sites for hydroxylation is 1. The first-order chi connectivity index (χ1) is 8.65. The summed E-state index contributed by atoms with van der Waals surface area (Å²) in [5.41, 5.74) is 1.76. The highest BCUT2D eigenvalue weighted by atomic mass is 35.5. The summed E-state index contributed by atoms with van der Waals surface area (Å²) >= 11 is 5.91. The van der Waals surface area contributed by atoms with Gasteiger partial charge in [0.15, 0.2) is 0 Å². The number of benzene rings is 1. The lowest BCUT2D eigenvalue weighted by Crippen LogP contribution is -2.40. The van der Waals surface area contributed by atoms with E-state index in [0.717, 1.165) is 24.3 Å². The van der Waals surface area contributed by atoms with Crippen LogP contribution in [0.25, 0.3) is 0 Å². The van der Waals surface area contributed by atoms with Crippen molar-refractivity contribution in [3.05, 3.63) is 28.8 Å². The van der Waals surface area contributed by atoms with E-state index in [4.69, 9.17) is 16.3 Å². The molecule has 1 amide bonds. The largest absolute Gasteiger partial charge is 0.375 e. The SMILES string of the molecule is Cc1ccc(Cl)cc1NC(=O)CC1CNCCO1. The number of morpholine rings is 1. The van der Waals surface area contributed by atoms with Gasteiger partial charge >= 0.3 is 0 Å². The van der Waals surface area contributed by atoms with Gasteiger partial charge in [-0.15, -0.1) is 0 Å². The van der Waals surface area contributed by atoms with Crippen LogP contribution in [0.2, 0.25) is 5.02 Å². The Bertz CT molecular complexity index is 431. The molecule has 2 N–H and O–H groups in total. The molecule has 1 aliphatic heterocycles. The molecule has 1 saturated heterocycles. The highest BCUT2D eigenvalue weighted by Crippen LogP contribution is 2.20. The van der Waals surface area contributed by atoms with E-state index in [1.165, 1.54) is 0 Å². The maximum Gasteiger partial charge on any atom is 0.227 e. The fraction of sp³-hybridized carbons (Fsp3) is 0.462. The molecule has 1 unspecified atom stereocenters. The molecule has 4 nitrogen and oxygen atoms in total. The summed E-state index contributed by atoms with van der Waals surface area (Å²) in [6, 6.07) is 5.45. The Labute approximate surface area is 112 Å². The van der Waals surface area contributed by atoms with E-state index in [2.05, 4.69) is 10.6 Å². The van der Waals surface area contributed by atoms with Crippen LogP contribution in [0.1, 0.15) is 12.0 Å². The van der Waals surface area contributed by atoms with Crippen molar-refractivity contribution in [3.8, 4) is 0 Å². The van der Waals surface area contributed by atoms with E-state index < -0.39 is 0 Å². The van der Waals surface area contributed by atoms with Crippen LogP contribution in [0.3, 0.4) is 0 Å². The predicted molar refractivity (Wildman–Crippen MR) is 72.0 cm³/mol. The topological polar surface area (TPSA) is 50.4 Å². The van der Waals surface area contributed by atoms with Gasteiger partial charge in [0, 0.05) is 23.8 Å². The van der Waals surface area contributed by atoms with Crippen LogP contribution in [0.5, 0.6) is 0 Å². The maximum absolute atomic E-state index is 11.9. The average Bonchev–Trinajstić information content (AvgIpc) is 2.35. The molecule has 5 heteroatoms. The Morgan fingerprint density at radius 2 is 2.44 bits per heavy atom. The minimum absolute atomic E-state index is 0.0433. The van der Waals surface area contributed by atoms with Crippen LogP contribution in [-0.2, 0) is 9.53 Å². The summed E-state index contributed by atoms with van der Waals surface area (Å²) < 4.78 is 5.49. The molecule has 1 aromatic rings. The first-order valence-corrected chi connectivity index (χ1v) is 6.41. The van der Waals surface area contributed by atoms with Crippen LogP contribution in [0.15, 0.2) is 18.2 Å². The fourth-order valence-corrected chi connectivity index (χ4v) is 2.06. The van der Waals surface area contributed by atoms with Crippen molar-refractivity contribution in [2.45, 2.75) is 19.4 Å². The number of ether oxygens (including phenoxy) is 1. The number of hydrogen-bond acceptors (Lipinski definition) is 3. The van der Waals surface area contributed by atoms with Crippen molar-refractivity contribution >= 4 is 23.2 Å². The summed E-state index contributed by atoms with van der Waals surface area (Å²) in [7, 11) is 0. The summed E-state index contributed by atoms with van der Waals surface area (Å²) in [5, 5.41) is 6.68. The van der Waals surface area contributed by atoms with E-state index in [0.29, 0.717) is 18.1 Å². The molecule has 18 heavy (non-hydrogen) atoms. The first kappa shape index (κ1) is 13.3. The average molecular weight is 269 g/mol. The number of carbonyl (C=O) groups is 1. The number of anilines is 1. The zero-order valence-corrected chi connectivity index (χ0v) is 11.1. The van der Waals surface area contributed by atoms with E-state index in [-0.39, 0.29) is 12.0 Å². The van der Waals surface area contributed by atoms with Crippen molar-refractivity contribution in [2.24, 2.45) is 0 Å². The van der Waals surface area contributed by atoms with Crippen molar-refractivity contribution < 1.29 is 9.53 Å². The zero-order chi connectivity index (χ0) is 13.0. The van der Waals surface area contributed by atoms with Crippen LogP contribution in [0, 0.1) is 6.92 Å². The van der Waals surface area contributed by atoms with Gasteiger partial charge in [-0.25, -0.2) is 0 Å². The maximum atomic E-state index is 11.9. The minimum atomic E-state index is -0.0472. The molecule has 1 heterocycles. The van der Waals surface area contributed by atoms with Crippen LogP contribution >= 0.6 is 11.6 Å². The third-order valence-corrected chi connectivity index (χ3v) is 3.13. The lowest BCUT2D eigenvalue weighted by Gasteiger charge is -2.23. The monoisotopic (exact) mass is 268 g/mol. The van der Waals surface area contributed by atoms with Gasteiger partial charge in [0.2, 0.25) is 5.91 Å². The van der Waals surface area contributed by atoms with Gasteiger partial charge in [0.1, 0.15) is 0 Å². The molecule has 1 aromatic carbocycles. The number of hydrogen-bond donors (Lipinski definition) is 2. The first-order valence-electron chi connectivity index (χ1n) is 6.03. The van der Waals surface area contributed by atoms with Crippen LogP contribution in [0.4, 0.5) is 5.69 Å². The summed E-state index contributed by atoms with van der Waals surface area (Å²) in [4.78, 5) is 11.9. The molecule has 0 aromatic heterocycles. The molecule has 0 saturated carbocycles. The van der Waals surface area contributed by atoms with Crippen molar-refractivity contribution in [1.82, 2.24) is 5.32 Å². The molecule has 1 aliphatic rings. The number of amides is 1. The molecular formula is C13H17ClN2O2. The van der Waals surface area contributed by atoms with Gasteiger partial charge in [0.25, 0.3) is 0 Å². The Balaban J connectivity index is 1.92. The summed E-state index contributed by atoms with van der Waals surface area (Å²) in [6.07, 6.45) is 0.317. The molecule has 0 aliphatic carbocycles. The molecule has 1 fully saturated rings. The third kappa shape index (κ3) is 3.70. The molecule has 0 spiro atoms. The molecule has 98 valence electrons. The predicted octanol–water partition coefficient (Wildman–Crippen LogP) is 1.97. The molecule has 0 radical (unpaired) electrons. The van der Waals surface area contributed by atoms with Crippen LogP contribution in [-0.4, -0.2) is 31.7 Å². The number of halogens is 1. The quantitative estimate of drug-likeness (QED) is 0.881. The molecule has 0 bridgehead atoms. The van der Waals surface area contributed by atoms with Gasteiger partial charge in [0.05, 0.1) is 19.1 Å². The number of rotatable bonds is 3. The van der Waals surface area contributed by atoms with Gasteiger partial charge in [-0.3, -0.25) is 4.79 Å². The summed E-state index contributed by atoms with van der Waals surface area (Å²) in [6.45, 7) is 4.17. The second-order valence-corrected chi connectivity index (χ2v) is 4.84. The van der Waals surface area contributed by atoms with Gasteiger partial charge in [-0.2, -0.15) is 0 Å². The zero-order valence-electron chi connectivity index (χ0n) is 10.3. The van der Waals surface area contributed by atoms with Crippen LogP contribution < -0.4 is 10.6 Å². The van der Waals surface area contributed by atoms with E-state index in [1.807, 2.05) is 13.0 Å². The molecular weight excluding hydrogens is 252 g/mol. The van der Waals surface area contributed by atoms with E-state index in [9.17, 15) is 4.79 Å². The molecule has 2 rings (SSSR count). The lowest BCUT2D eigenvalue weighted by molar-refractivity contribution is -0.119. The van der Waals surface area contributed by atoms with Crippen molar-refractivity contribution in [3.63, 3.8) is 0 Å². The van der Waals surface area contributed by atoms with Gasteiger partial charge in [-0.1, -0.05) is 17.7 Å².